The van der Waals surface area contributed by atoms with Crippen molar-refractivity contribution in [2.45, 2.75) is 19.5 Å². The molecule has 3 aromatic rings. The molecule has 0 spiro atoms. The van der Waals surface area contributed by atoms with Gasteiger partial charge >= 0.3 is 0 Å². The van der Waals surface area contributed by atoms with E-state index in [2.05, 4.69) is 69.9 Å². The van der Waals surface area contributed by atoms with Crippen LogP contribution < -0.4 is 5.32 Å². The molecule has 0 saturated carbocycles. The molecule has 0 aliphatic heterocycles. The van der Waals surface area contributed by atoms with Crippen LogP contribution in [0.4, 0.5) is 0 Å². The summed E-state index contributed by atoms with van der Waals surface area (Å²) in [5, 5.41) is 12.8. The molecule has 3 rings (SSSR count). The SMILES string of the molecule is CC(NCc1cccc2ccccc12)c1ncn[nH]1. The summed E-state index contributed by atoms with van der Waals surface area (Å²) in [6.45, 7) is 2.88. The van der Waals surface area contributed by atoms with Crippen LogP contribution in [0.5, 0.6) is 0 Å². The molecule has 1 atom stereocenters. The monoisotopic (exact) mass is 252 g/mol. The van der Waals surface area contributed by atoms with E-state index in [0.29, 0.717) is 0 Å². The van der Waals surface area contributed by atoms with Gasteiger partial charge in [-0.15, -0.1) is 0 Å². The van der Waals surface area contributed by atoms with Crippen LogP contribution in [-0.4, -0.2) is 15.2 Å². The molecule has 0 bridgehead atoms. The van der Waals surface area contributed by atoms with E-state index >= 15 is 0 Å². The van der Waals surface area contributed by atoms with E-state index in [4.69, 9.17) is 0 Å². The lowest BCUT2D eigenvalue weighted by Gasteiger charge is -2.12. The smallest absolute Gasteiger partial charge is 0.141 e. The van der Waals surface area contributed by atoms with Crippen molar-refractivity contribution in [2.75, 3.05) is 0 Å². The second-order valence-corrected chi connectivity index (χ2v) is 4.61. The van der Waals surface area contributed by atoms with Crippen LogP contribution in [-0.2, 0) is 6.54 Å². The third-order valence-electron chi connectivity index (χ3n) is 3.32. The number of hydrogen-bond acceptors (Lipinski definition) is 3. The van der Waals surface area contributed by atoms with E-state index in [1.54, 1.807) is 0 Å². The van der Waals surface area contributed by atoms with Crippen molar-refractivity contribution < 1.29 is 0 Å². The van der Waals surface area contributed by atoms with E-state index < -0.39 is 0 Å². The Hall–Kier alpha value is -2.20. The lowest BCUT2D eigenvalue weighted by molar-refractivity contribution is 0.549. The maximum absolute atomic E-state index is 4.16. The van der Waals surface area contributed by atoms with E-state index in [0.717, 1.165) is 12.4 Å². The lowest BCUT2D eigenvalue weighted by atomic mass is 10.0. The fourth-order valence-electron chi connectivity index (χ4n) is 2.23. The van der Waals surface area contributed by atoms with Gasteiger partial charge in [0.2, 0.25) is 0 Å². The highest BCUT2D eigenvalue weighted by Gasteiger charge is 2.08. The van der Waals surface area contributed by atoms with Crippen LogP contribution in [0.15, 0.2) is 48.8 Å². The molecule has 1 aromatic heterocycles. The molecule has 0 fully saturated rings. The van der Waals surface area contributed by atoms with Crippen molar-refractivity contribution >= 4 is 10.8 Å². The number of rotatable bonds is 4. The van der Waals surface area contributed by atoms with Gasteiger partial charge in [-0.3, -0.25) is 5.10 Å². The molecule has 19 heavy (non-hydrogen) atoms. The lowest BCUT2D eigenvalue weighted by Crippen LogP contribution is -2.19. The average molecular weight is 252 g/mol. The first kappa shape index (κ1) is 11.9. The molecule has 2 N–H and O–H groups in total. The molecule has 2 aromatic carbocycles. The summed E-state index contributed by atoms with van der Waals surface area (Å²) in [7, 11) is 0. The third kappa shape index (κ3) is 2.48. The summed E-state index contributed by atoms with van der Waals surface area (Å²) in [6.07, 6.45) is 1.53. The highest BCUT2D eigenvalue weighted by atomic mass is 15.2. The standard InChI is InChI=1S/C15H16N4/c1-11(15-17-10-18-19-15)16-9-13-7-4-6-12-5-2-3-8-14(12)13/h2-8,10-11,16H,9H2,1H3,(H,17,18,19). The minimum Gasteiger partial charge on any atom is -0.303 e. The van der Waals surface area contributed by atoms with Crippen LogP contribution in [0.3, 0.4) is 0 Å². The molecule has 96 valence electrons. The van der Waals surface area contributed by atoms with Crippen LogP contribution in [0.2, 0.25) is 0 Å². The second-order valence-electron chi connectivity index (χ2n) is 4.61. The number of fused-ring (bicyclic) bond motifs is 1. The van der Waals surface area contributed by atoms with Gasteiger partial charge < -0.3 is 5.32 Å². The number of nitrogens with one attached hydrogen (secondary N) is 2. The fourth-order valence-corrected chi connectivity index (χ4v) is 2.23. The van der Waals surface area contributed by atoms with Crippen molar-refractivity contribution in [2.24, 2.45) is 0 Å². The van der Waals surface area contributed by atoms with Gasteiger partial charge in [0.05, 0.1) is 6.04 Å². The zero-order valence-corrected chi connectivity index (χ0v) is 10.8. The minimum absolute atomic E-state index is 0.154. The third-order valence-corrected chi connectivity index (χ3v) is 3.32. The Morgan fingerprint density at radius 1 is 1.16 bits per heavy atom. The summed E-state index contributed by atoms with van der Waals surface area (Å²) in [6, 6.07) is 15.0. The molecule has 0 aliphatic rings. The molecule has 1 heterocycles. The minimum atomic E-state index is 0.154. The van der Waals surface area contributed by atoms with Gasteiger partial charge in [0.1, 0.15) is 12.2 Å². The first-order valence-electron chi connectivity index (χ1n) is 6.40. The fraction of sp³-hybridized carbons (Fsp3) is 0.200. The number of hydrogen-bond donors (Lipinski definition) is 2. The van der Waals surface area contributed by atoms with Gasteiger partial charge in [-0.25, -0.2) is 4.98 Å². The summed E-state index contributed by atoms with van der Waals surface area (Å²) in [4.78, 5) is 4.16. The molecule has 4 nitrogen and oxygen atoms in total. The first-order valence-corrected chi connectivity index (χ1v) is 6.40. The summed E-state index contributed by atoms with van der Waals surface area (Å²) in [5.74, 6) is 0.861. The number of aromatic amines is 1. The molecule has 0 radical (unpaired) electrons. The zero-order valence-electron chi connectivity index (χ0n) is 10.8. The van der Waals surface area contributed by atoms with Crippen LogP contribution in [0.1, 0.15) is 24.4 Å². The van der Waals surface area contributed by atoms with Crippen molar-refractivity contribution in [3.63, 3.8) is 0 Å². The summed E-state index contributed by atoms with van der Waals surface area (Å²) >= 11 is 0. The van der Waals surface area contributed by atoms with E-state index in [1.165, 1.54) is 22.7 Å². The molecule has 0 saturated heterocycles. The number of nitrogens with zero attached hydrogens (tertiary/aromatic N) is 2. The van der Waals surface area contributed by atoms with Gasteiger partial charge in [0.25, 0.3) is 0 Å². The molecule has 0 aliphatic carbocycles. The summed E-state index contributed by atoms with van der Waals surface area (Å²) < 4.78 is 0. The van der Waals surface area contributed by atoms with Gasteiger partial charge in [0.15, 0.2) is 0 Å². The van der Waals surface area contributed by atoms with Crippen molar-refractivity contribution in [1.29, 1.82) is 0 Å². The van der Waals surface area contributed by atoms with Crippen molar-refractivity contribution in [1.82, 2.24) is 20.5 Å². The quantitative estimate of drug-likeness (QED) is 0.750. The van der Waals surface area contributed by atoms with Crippen LogP contribution in [0.25, 0.3) is 10.8 Å². The van der Waals surface area contributed by atoms with Gasteiger partial charge in [0, 0.05) is 6.54 Å². The molecule has 4 heteroatoms. The van der Waals surface area contributed by atoms with Crippen molar-refractivity contribution in [3.8, 4) is 0 Å². The largest absolute Gasteiger partial charge is 0.303 e. The Balaban J connectivity index is 1.79. The zero-order chi connectivity index (χ0) is 13.1. The Labute approximate surface area is 111 Å². The highest BCUT2D eigenvalue weighted by molar-refractivity contribution is 5.85. The van der Waals surface area contributed by atoms with Crippen LogP contribution >= 0.6 is 0 Å². The van der Waals surface area contributed by atoms with E-state index in [-0.39, 0.29) is 6.04 Å². The highest BCUT2D eigenvalue weighted by Crippen LogP contribution is 2.19. The first-order chi connectivity index (χ1) is 9.34. The predicted molar refractivity (Wildman–Crippen MR) is 75.6 cm³/mol. The maximum atomic E-state index is 4.16. The number of benzene rings is 2. The van der Waals surface area contributed by atoms with E-state index in [1.807, 2.05) is 0 Å². The van der Waals surface area contributed by atoms with Crippen LogP contribution in [0, 0.1) is 0 Å². The van der Waals surface area contributed by atoms with E-state index in [9.17, 15) is 0 Å². The Morgan fingerprint density at radius 3 is 2.84 bits per heavy atom. The van der Waals surface area contributed by atoms with Gasteiger partial charge in [-0.2, -0.15) is 5.10 Å². The average Bonchev–Trinajstić information content (AvgIpc) is 2.99. The molecule has 0 amide bonds. The predicted octanol–water partition coefficient (Wildman–Crippen LogP) is 2.81. The van der Waals surface area contributed by atoms with Crippen molar-refractivity contribution in [3.05, 3.63) is 60.2 Å². The Bertz CT molecular complexity index is 655. The maximum Gasteiger partial charge on any atom is 0.141 e. The summed E-state index contributed by atoms with van der Waals surface area (Å²) in [5.41, 5.74) is 1.30. The molecular formula is C15H16N4. The van der Waals surface area contributed by atoms with Gasteiger partial charge in [-0.05, 0) is 23.3 Å². The molecular weight excluding hydrogens is 236 g/mol. The topological polar surface area (TPSA) is 53.6 Å². The number of H-pyrrole nitrogens is 1. The Morgan fingerprint density at radius 2 is 2.00 bits per heavy atom. The normalized spacial score (nSPS) is 12.7. The van der Waals surface area contributed by atoms with Gasteiger partial charge in [-0.1, -0.05) is 42.5 Å². The second kappa shape index (κ2) is 5.20. The Kier molecular flexibility index (Phi) is 3.25. The number of aromatic nitrogens is 3. The molecule has 1 unspecified atom stereocenters.